The van der Waals surface area contributed by atoms with E-state index in [9.17, 15) is 4.79 Å². The van der Waals surface area contributed by atoms with Gasteiger partial charge in [-0.25, -0.2) is 4.99 Å². The van der Waals surface area contributed by atoms with E-state index < -0.39 is 0 Å². The zero-order valence-electron chi connectivity index (χ0n) is 15.1. The third kappa shape index (κ3) is 15.9. The van der Waals surface area contributed by atoms with E-state index in [1.807, 2.05) is 0 Å². The summed E-state index contributed by atoms with van der Waals surface area (Å²) >= 11 is 0. The number of unbranched alkanes of at least 4 members (excludes halogenated alkanes) is 12. The lowest BCUT2D eigenvalue weighted by atomic mass is 10.0. The standard InChI is InChI=1S/C19H37NO3/c1-2-3-4-5-6-7-8-9-10-11-12-13-14-15-19(23)20-18(16-21)17-22/h21-22H,2-17H2,1H3. The molecule has 0 aromatic carbocycles. The Kier molecular flexibility index (Phi) is 17.0. The van der Waals surface area contributed by atoms with Crippen LogP contribution in [0.4, 0.5) is 0 Å². The summed E-state index contributed by atoms with van der Waals surface area (Å²) in [4.78, 5) is 15.1. The molecule has 0 aromatic heterocycles. The number of carbonyl (C=O) groups is 1. The highest BCUT2D eigenvalue weighted by atomic mass is 16.3. The molecule has 0 saturated carbocycles. The zero-order valence-corrected chi connectivity index (χ0v) is 15.1. The van der Waals surface area contributed by atoms with Crippen LogP contribution in [0.5, 0.6) is 0 Å². The topological polar surface area (TPSA) is 69.9 Å². The minimum Gasteiger partial charge on any atom is -0.390 e. The summed E-state index contributed by atoms with van der Waals surface area (Å²) in [5.41, 5.74) is 0.157. The van der Waals surface area contributed by atoms with Gasteiger partial charge < -0.3 is 10.2 Å². The third-order valence-corrected chi connectivity index (χ3v) is 4.14. The van der Waals surface area contributed by atoms with Gasteiger partial charge in [0.25, 0.3) is 0 Å². The van der Waals surface area contributed by atoms with E-state index in [2.05, 4.69) is 11.9 Å². The fourth-order valence-corrected chi connectivity index (χ4v) is 2.65. The zero-order chi connectivity index (χ0) is 17.2. The van der Waals surface area contributed by atoms with Gasteiger partial charge in [0.1, 0.15) is 0 Å². The van der Waals surface area contributed by atoms with E-state index in [0.717, 1.165) is 12.8 Å². The van der Waals surface area contributed by atoms with Crippen LogP contribution < -0.4 is 0 Å². The molecule has 0 rings (SSSR count). The van der Waals surface area contributed by atoms with Gasteiger partial charge in [-0.3, -0.25) is 4.79 Å². The van der Waals surface area contributed by atoms with E-state index in [4.69, 9.17) is 10.2 Å². The quantitative estimate of drug-likeness (QED) is 0.326. The second-order valence-electron chi connectivity index (χ2n) is 6.38. The monoisotopic (exact) mass is 327 g/mol. The predicted molar refractivity (Wildman–Crippen MR) is 96.9 cm³/mol. The molecule has 0 aromatic rings. The van der Waals surface area contributed by atoms with Crippen LogP contribution in [0.3, 0.4) is 0 Å². The number of hydrogen-bond donors (Lipinski definition) is 2. The summed E-state index contributed by atoms with van der Waals surface area (Å²) in [6.45, 7) is 1.56. The maximum atomic E-state index is 11.5. The van der Waals surface area contributed by atoms with Gasteiger partial charge in [-0.1, -0.05) is 84.0 Å². The molecular weight excluding hydrogens is 290 g/mol. The Bertz CT molecular complexity index is 297. The second-order valence-corrected chi connectivity index (χ2v) is 6.38. The lowest BCUT2D eigenvalue weighted by Crippen LogP contribution is -2.12. The first kappa shape index (κ1) is 22.3. The van der Waals surface area contributed by atoms with Crippen LogP contribution >= 0.6 is 0 Å². The van der Waals surface area contributed by atoms with Crippen molar-refractivity contribution < 1.29 is 15.0 Å². The van der Waals surface area contributed by atoms with E-state index in [1.165, 1.54) is 70.6 Å². The lowest BCUT2D eigenvalue weighted by molar-refractivity contribution is -0.117. The van der Waals surface area contributed by atoms with Crippen molar-refractivity contribution >= 4 is 11.6 Å². The molecule has 0 unspecified atom stereocenters. The lowest BCUT2D eigenvalue weighted by Gasteiger charge is -2.03. The molecule has 1 amide bonds. The van der Waals surface area contributed by atoms with Gasteiger partial charge in [0.15, 0.2) is 0 Å². The molecule has 0 aliphatic rings. The first-order valence-corrected chi connectivity index (χ1v) is 9.55. The maximum Gasteiger partial charge on any atom is 0.245 e. The van der Waals surface area contributed by atoms with Gasteiger partial charge in [0.05, 0.1) is 18.9 Å². The minimum atomic E-state index is -0.346. The summed E-state index contributed by atoms with van der Waals surface area (Å²) in [6, 6.07) is 0. The normalized spacial score (nSPS) is 10.7. The Balaban J connectivity index is 3.27. The molecule has 0 saturated heterocycles. The van der Waals surface area contributed by atoms with Crippen LogP contribution in [0.25, 0.3) is 0 Å². The molecule has 136 valence electrons. The van der Waals surface area contributed by atoms with Crippen molar-refractivity contribution in [3.8, 4) is 0 Å². The van der Waals surface area contributed by atoms with Crippen molar-refractivity contribution in [1.29, 1.82) is 0 Å². The molecule has 0 atom stereocenters. The molecule has 0 aliphatic carbocycles. The van der Waals surface area contributed by atoms with Gasteiger partial charge in [-0.2, -0.15) is 0 Å². The van der Waals surface area contributed by atoms with Crippen molar-refractivity contribution in [2.45, 2.75) is 96.8 Å². The molecule has 23 heavy (non-hydrogen) atoms. The molecule has 0 aliphatic heterocycles. The van der Waals surface area contributed by atoms with Crippen LogP contribution in [0, 0.1) is 0 Å². The number of aliphatic imine (C=N–C) groups is 1. The molecule has 0 radical (unpaired) electrons. The van der Waals surface area contributed by atoms with Gasteiger partial charge in [0.2, 0.25) is 5.91 Å². The fourth-order valence-electron chi connectivity index (χ4n) is 2.65. The molecule has 4 heteroatoms. The largest absolute Gasteiger partial charge is 0.390 e. The molecule has 4 nitrogen and oxygen atoms in total. The van der Waals surface area contributed by atoms with E-state index >= 15 is 0 Å². The minimum absolute atomic E-state index is 0.157. The number of aliphatic hydroxyl groups excluding tert-OH is 2. The number of nitrogens with zero attached hydrogens (tertiary/aromatic N) is 1. The second kappa shape index (κ2) is 17.6. The molecule has 0 fully saturated rings. The Morgan fingerprint density at radius 1 is 0.696 bits per heavy atom. The van der Waals surface area contributed by atoms with E-state index in [1.54, 1.807) is 0 Å². The number of hydrogen-bond acceptors (Lipinski definition) is 3. The van der Waals surface area contributed by atoms with Crippen LogP contribution in [-0.4, -0.2) is 35.0 Å². The van der Waals surface area contributed by atoms with Crippen LogP contribution in [0.15, 0.2) is 4.99 Å². The summed E-state index contributed by atoms with van der Waals surface area (Å²) in [7, 11) is 0. The number of amides is 1. The summed E-state index contributed by atoms with van der Waals surface area (Å²) in [5.74, 6) is -0.230. The molecule has 0 heterocycles. The Labute approximate surface area is 142 Å². The van der Waals surface area contributed by atoms with Crippen molar-refractivity contribution in [2.75, 3.05) is 13.2 Å². The molecular formula is C19H37NO3. The fraction of sp³-hybridized carbons (Fsp3) is 0.895. The smallest absolute Gasteiger partial charge is 0.245 e. The van der Waals surface area contributed by atoms with Crippen molar-refractivity contribution in [2.24, 2.45) is 4.99 Å². The molecule has 0 bridgehead atoms. The number of rotatable bonds is 16. The Morgan fingerprint density at radius 2 is 1.09 bits per heavy atom. The Morgan fingerprint density at radius 3 is 1.48 bits per heavy atom. The van der Waals surface area contributed by atoms with Gasteiger partial charge in [0, 0.05) is 6.42 Å². The van der Waals surface area contributed by atoms with Gasteiger partial charge in [-0.05, 0) is 6.42 Å². The molecule has 2 N–H and O–H groups in total. The Hall–Kier alpha value is -0.740. The van der Waals surface area contributed by atoms with Gasteiger partial charge >= 0.3 is 0 Å². The van der Waals surface area contributed by atoms with Crippen LogP contribution in [-0.2, 0) is 4.79 Å². The third-order valence-electron chi connectivity index (χ3n) is 4.14. The van der Waals surface area contributed by atoms with E-state index in [-0.39, 0.29) is 24.8 Å². The summed E-state index contributed by atoms with van der Waals surface area (Å²) in [5, 5.41) is 17.6. The summed E-state index contributed by atoms with van der Waals surface area (Å²) in [6.07, 6.45) is 17.1. The first-order chi connectivity index (χ1) is 11.2. The van der Waals surface area contributed by atoms with Crippen molar-refractivity contribution in [1.82, 2.24) is 0 Å². The average molecular weight is 328 g/mol. The highest BCUT2D eigenvalue weighted by Crippen LogP contribution is 2.13. The van der Waals surface area contributed by atoms with Gasteiger partial charge in [-0.15, -0.1) is 0 Å². The maximum absolute atomic E-state index is 11.5. The highest BCUT2D eigenvalue weighted by Gasteiger charge is 2.02. The van der Waals surface area contributed by atoms with Crippen molar-refractivity contribution in [3.05, 3.63) is 0 Å². The first-order valence-electron chi connectivity index (χ1n) is 9.55. The number of aliphatic hydroxyl groups is 2. The van der Waals surface area contributed by atoms with Crippen LogP contribution in [0.2, 0.25) is 0 Å². The van der Waals surface area contributed by atoms with E-state index in [0.29, 0.717) is 6.42 Å². The van der Waals surface area contributed by atoms with Crippen molar-refractivity contribution in [3.63, 3.8) is 0 Å². The predicted octanol–water partition coefficient (Wildman–Crippen LogP) is 4.42. The summed E-state index contributed by atoms with van der Waals surface area (Å²) < 4.78 is 0. The highest BCUT2D eigenvalue weighted by molar-refractivity contribution is 5.96. The molecule has 0 spiro atoms. The SMILES string of the molecule is CCCCCCCCCCCCCCCC(=O)N=C(CO)CO. The average Bonchev–Trinajstić information content (AvgIpc) is 2.56. The number of carbonyl (C=O) groups excluding carboxylic acids is 1. The van der Waals surface area contributed by atoms with Crippen LogP contribution in [0.1, 0.15) is 96.8 Å².